The molecule has 2 unspecified atom stereocenters. The van der Waals surface area contributed by atoms with Crippen molar-refractivity contribution in [3.05, 3.63) is 16.9 Å². The number of aliphatic hydroxyl groups is 1. The molecule has 2 rings (SSSR count). The van der Waals surface area contributed by atoms with Crippen LogP contribution in [0.4, 0.5) is 0 Å². The highest BCUT2D eigenvalue weighted by molar-refractivity contribution is 6.31. The molecule has 102 valence electrons. The quantitative estimate of drug-likeness (QED) is 0.920. The third kappa shape index (κ3) is 2.42. The van der Waals surface area contributed by atoms with Gasteiger partial charge in [0.05, 0.1) is 22.5 Å². The molecule has 0 aliphatic carbocycles. The van der Waals surface area contributed by atoms with E-state index in [0.29, 0.717) is 17.3 Å². The summed E-state index contributed by atoms with van der Waals surface area (Å²) in [4.78, 5) is 0. The molecule has 4 nitrogen and oxygen atoms in total. The predicted octanol–water partition coefficient (Wildman–Crippen LogP) is 3.11. The van der Waals surface area contributed by atoms with Crippen LogP contribution >= 0.6 is 11.6 Å². The van der Waals surface area contributed by atoms with E-state index in [1.807, 2.05) is 20.8 Å². The third-order valence-electron chi connectivity index (χ3n) is 3.61. The van der Waals surface area contributed by atoms with E-state index in [1.165, 1.54) is 0 Å². The highest BCUT2D eigenvalue weighted by Crippen LogP contribution is 2.39. The lowest BCUT2D eigenvalue weighted by Crippen LogP contribution is -2.40. The number of hydrogen-bond donors (Lipinski definition) is 1. The van der Waals surface area contributed by atoms with E-state index in [2.05, 4.69) is 5.10 Å². The molecule has 0 saturated carbocycles. The molecule has 1 aromatic heterocycles. The summed E-state index contributed by atoms with van der Waals surface area (Å²) in [6.45, 7) is 6.68. The number of nitrogens with zero attached hydrogens (tertiary/aromatic N) is 2. The minimum Gasteiger partial charge on any atom is -0.384 e. The maximum absolute atomic E-state index is 10.6. The fourth-order valence-corrected chi connectivity index (χ4v) is 2.71. The molecule has 18 heavy (non-hydrogen) atoms. The van der Waals surface area contributed by atoms with E-state index in [-0.39, 0.29) is 6.04 Å². The van der Waals surface area contributed by atoms with Crippen molar-refractivity contribution in [1.82, 2.24) is 9.78 Å². The van der Waals surface area contributed by atoms with Crippen LogP contribution < -0.4 is 0 Å². The van der Waals surface area contributed by atoms with Crippen LogP contribution in [-0.4, -0.2) is 27.1 Å². The molecule has 0 bridgehead atoms. The molecule has 0 amide bonds. The maximum atomic E-state index is 10.6. The topological polar surface area (TPSA) is 47.3 Å². The van der Waals surface area contributed by atoms with Crippen molar-refractivity contribution in [2.75, 3.05) is 6.61 Å². The van der Waals surface area contributed by atoms with Crippen molar-refractivity contribution in [1.29, 1.82) is 0 Å². The molecule has 2 atom stereocenters. The molecular weight excluding hydrogens is 252 g/mol. The molecule has 1 saturated heterocycles. The van der Waals surface area contributed by atoms with Gasteiger partial charge in [-0.15, -0.1) is 0 Å². The Balaban J connectivity index is 2.32. The highest BCUT2D eigenvalue weighted by atomic mass is 35.5. The molecular formula is C13H21ClN2O2. The van der Waals surface area contributed by atoms with Crippen LogP contribution in [0.1, 0.15) is 57.9 Å². The average Bonchev–Trinajstić information content (AvgIpc) is 2.71. The first-order valence-corrected chi connectivity index (χ1v) is 6.88. The van der Waals surface area contributed by atoms with Crippen LogP contribution in [0.3, 0.4) is 0 Å². The SMILES string of the molecule is CC(C)n1ncc(Cl)c1C(O)C1(C)CCCCO1. The van der Waals surface area contributed by atoms with Gasteiger partial charge in [0.1, 0.15) is 6.10 Å². The van der Waals surface area contributed by atoms with E-state index >= 15 is 0 Å². The van der Waals surface area contributed by atoms with E-state index in [0.717, 1.165) is 19.3 Å². The number of rotatable bonds is 3. The van der Waals surface area contributed by atoms with Gasteiger partial charge in [-0.05, 0) is 40.0 Å². The Hall–Kier alpha value is -0.580. The lowest BCUT2D eigenvalue weighted by atomic mass is 9.88. The number of ether oxygens (including phenoxy) is 1. The summed E-state index contributed by atoms with van der Waals surface area (Å²) in [5.74, 6) is 0. The standard InChI is InChI=1S/C13H21ClN2O2/c1-9(2)16-11(10(14)8-15-16)12(17)13(3)6-4-5-7-18-13/h8-9,12,17H,4-7H2,1-3H3. The summed E-state index contributed by atoms with van der Waals surface area (Å²) < 4.78 is 7.57. The van der Waals surface area contributed by atoms with Gasteiger partial charge in [-0.3, -0.25) is 4.68 Å². The Kier molecular flexibility index (Phi) is 3.99. The van der Waals surface area contributed by atoms with Gasteiger partial charge >= 0.3 is 0 Å². The van der Waals surface area contributed by atoms with Gasteiger partial charge in [-0.2, -0.15) is 5.10 Å². The van der Waals surface area contributed by atoms with Gasteiger partial charge < -0.3 is 9.84 Å². The maximum Gasteiger partial charge on any atom is 0.126 e. The minimum absolute atomic E-state index is 0.161. The fourth-order valence-electron chi connectivity index (χ4n) is 2.48. The van der Waals surface area contributed by atoms with E-state index in [9.17, 15) is 5.11 Å². The van der Waals surface area contributed by atoms with Gasteiger partial charge in [0, 0.05) is 12.6 Å². The smallest absolute Gasteiger partial charge is 0.126 e. The molecule has 1 aliphatic heterocycles. The van der Waals surface area contributed by atoms with Gasteiger partial charge in [0.15, 0.2) is 0 Å². The van der Waals surface area contributed by atoms with Crippen molar-refractivity contribution >= 4 is 11.6 Å². The first kappa shape index (κ1) is 13.8. The monoisotopic (exact) mass is 272 g/mol. The molecule has 1 fully saturated rings. The molecule has 0 spiro atoms. The van der Waals surface area contributed by atoms with E-state index in [1.54, 1.807) is 10.9 Å². The largest absolute Gasteiger partial charge is 0.384 e. The Bertz CT molecular complexity index is 411. The van der Waals surface area contributed by atoms with Gasteiger partial charge in [0.25, 0.3) is 0 Å². The molecule has 1 aromatic rings. The minimum atomic E-state index is -0.741. The molecule has 0 radical (unpaired) electrons. The summed E-state index contributed by atoms with van der Waals surface area (Å²) in [6, 6.07) is 0.161. The second-order valence-corrected chi connectivity index (χ2v) is 5.84. The molecule has 5 heteroatoms. The predicted molar refractivity (Wildman–Crippen MR) is 70.8 cm³/mol. The summed E-state index contributed by atoms with van der Waals surface area (Å²) >= 11 is 6.17. The Labute approximate surface area is 113 Å². The molecule has 0 aromatic carbocycles. The Morgan fingerprint density at radius 2 is 2.22 bits per heavy atom. The number of aliphatic hydroxyl groups excluding tert-OH is 1. The van der Waals surface area contributed by atoms with Crippen molar-refractivity contribution < 1.29 is 9.84 Å². The number of hydrogen-bond acceptors (Lipinski definition) is 3. The summed E-state index contributed by atoms with van der Waals surface area (Å²) in [6.07, 6.45) is 3.82. The molecule has 1 N–H and O–H groups in total. The highest BCUT2D eigenvalue weighted by Gasteiger charge is 2.39. The summed E-state index contributed by atoms with van der Waals surface area (Å²) in [5.41, 5.74) is 0.102. The van der Waals surface area contributed by atoms with E-state index in [4.69, 9.17) is 16.3 Å². The van der Waals surface area contributed by atoms with Crippen molar-refractivity contribution in [2.24, 2.45) is 0 Å². The molecule has 1 aliphatic rings. The first-order valence-electron chi connectivity index (χ1n) is 6.50. The number of aromatic nitrogens is 2. The van der Waals surface area contributed by atoms with E-state index < -0.39 is 11.7 Å². The summed E-state index contributed by atoms with van der Waals surface area (Å²) in [7, 11) is 0. The van der Waals surface area contributed by atoms with Crippen molar-refractivity contribution in [3.8, 4) is 0 Å². The summed E-state index contributed by atoms with van der Waals surface area (Å²) in [5, 5.41) is 15.4. The second-order valence-electron chi connectivity index (χ2n) is 5.44. The zero-order valence-electron chi connectivity index (χ0n) is 11.2. The van der Waals surface area contributed by atoms with Crippen LogP contribution in [0.5, 0.6) is 0 Å². The van der Waals surface area contributed by atoms with Crippen LogP contribution in [0.2, 0.25) is 5.02 Å². The second kappa shape index (κ2) is 5.19. The fraction of sp³-hybridized carbons (Fsp3) is 0.769. The van der Waals surface area contributed by atoms with Crippen LogP contribution in [0.25, 0.3) is 0 Å². The zero-order valence-corrected chi connectivity index (χ0v) is 11.9. The van der Waals surface area contributed by atoms with Crippen molar-refractivity contribution in [2.45, 2.75) is 57.8 Å². The first-order chi connectivity index (χ1) is 8.46. The Morgan fingerprint density at radius 1 is 1.50 bits per heavy atom. The van der Waals surface area contributed by atoms with Gasteiger partial charge in [-0.1, -0.05) is 11.6 Å². The molecule has 2 heterocycles. The lowest BCUT2D eigenvalue weighted by molar-refractivity contribution is -0.140. The lowest BCUT2D eigenvalue weighted by Gasteiger charge is -2.38. The van der Waals surface area contributed by atoms with Gasteiger partial charge in [-0.25, -0.2) is 0 Å². The Morgan fingerprint density at radius 3 is 2.78 bits per heavy atom. The van der Waals surface area contributed by atoms with Gasteiger partial charge in [0.2, 0.25) is 0 Å². The third-order valence-corrected chi connectivity index (χ3v) is 3.90. The normalized spacial score (nSPS) is 26.6. The number of halogens is 1. The van der Waals surface area contributed by atoms with Crippen LogP contribution in [0.15, 0.2) is 6.20 Å². The van der Waals surface area contributed by atoms with Crippen LogP contribution in [-0.2, 0) is 4.74 Å². The van der Waals surface area contributed by atoms with Crippen LogP contribution in [0, 0.1) is 0 Å². The average molecular weight is 273 g/mol. The van der Waals surface area contributed by atoms with Crippen molar-refractivity contribution in [3.63, 3.8) is 0 Å². The zero-order chi connectivity index (χ0) is 13.3.